The predicted octanol–water partition coefficient (Wildman–Crippen LogP) is 14.6. The smallest absolute Gasteiger partial charge is 0.0468 e. The number of anilines is 6. The maximum atomic E-state index is 4.05. The highest BCUT2D eigenvalue weighted by molar-refractivity contribution is 7.26. The third-order valence-electron chi connectivity index (χ3n) is 9.33. The molecular weight excluding hydrogens is 645 g/mol. The number of thiophene rings is 2. The average Bonchev–Trinajstić information content (AvgIpc) is 3.74. The van der Waals surface area contributed by atoms with Gasteiger partial charge >= 0.3 is 0 Å². The lowest BCUT2D eigenvalue weighted by atomic mass is 10.1. The van der Waals surface area contributed by atoms with Crippen LogP contribution in [0, 0.1) is 0 Å². The molecule has 2 nitrogen and oxygen atoms in total. The maximum absolute atomic E-state index is 4.05. The van der Waals surface area contributed by atoms with Gasteiger partial charge in [0.25, 0.3) is 0 Å². The lowest BCUT2D eigenvalue weighted by molar-refractivity contribution is 1.26. The van der Waals surface area contributed by atoms with Gasteiger partial charge in [0, 0.05) is 74.5 Å². The van der Waals surface area contributed by atoms with Crippen LogP contribution in [0.5, 0.6) is 0 Å². The molecule has 0 saturated carbocycles. The first-order valence-corrected chi connectivity index (χ1v) is 18.3. The van der Waals surface area contributed by atoms with Gasteiger partial charge in [-0.3, -0.25) is 0 Å². The van der Waals surface area contributed by atoms with Crippen molar-refractivity contribution in [3.63, 3.8) is 0 Å². The van der Waals surface area contributed by atoms with Gasteiger partial charge in [-0.05, 0) is 108 Å². The van der Waals surface area contributed by atoms with Crippen molar-refractivity contribution < 1.29 is 0 Å². The summed E-state index contributed by atoms with van der Waals surface area (Å²) in [4.78, 5) is 4.68. The molecule has 7 aromatic carbocycles. The molecule has 9 aromatic rings. The Labute approximate surface area is 299 Å². The summed E-state index contributed by atoms with van der Waals surface area (Å²) >= 11 is 3.68. The van der Waals surface area contributed by atoms with Gasteiger partial charge < -0.3 is 9.80 Å². The molecule has 9 rings (SSSR count). The van der Waals surface area contributed by atoms with Gasteiger partial charge in [0.05, 0.1) is 0 Å². The molecule has 2 aromatic heterocycles. The summed E-state index contributed by atoms with van der Waals surface area (Å²) in [6.45, 7) is 8.10. The third kappa shape index (κ3) is 5.26. The van der Waals surface area contributed by atoms with E-state index in [0.717, 1.165) is 45.3 Å². The van der Waals surface area contributed by atoms with Crippen molar-refractivity contribution >= 4 is 109 Å². The second-order valence-electron chi connectivity index (χ2n) is 12.3. The average molecular weight is 677 g/mol. The zero-order valence-corrected chi connectivity index (χ0v) is 28.9. The molecule has 0 aliphatic rings. The number of hydrogen-bond donors (Lipinski definition) is 0. The first-order valence-electron chi connectivity index (χ1n) is 16.6. The largest absolute Gasteiger partial charge is 0.310 e. The number of nitrogens with zero attached hydrogens (tertiary/aromatic N) is 2. The van der Waals surface area contributed by atoms with E-state index in [1.165, 1.54) is 40.3 Å². The first-order chi connectivity index (χ1) is 24.7. The minimum atomic E-state index is 1.08. The Bertz CT molecular complexity index is 2530. The molecule has 50 heavy (non-hydrogen) atoms. The fourth-order valence-electron chi connectivity index (χ4n) is 6.93. The van der Waals surface area contributed by atoms with Crippen LogP contribution in [-0.4, -0.2) is 0 Å². The van der Waals surface area contributed by atoms with Crippen molar-refractivity contribution in [2.75, 3.05) is 9.80 Å². The molecule has 4 heteroatoms. The summed E-state index contributed by atoms with van der Waals surface area (Å²) in [5.41, 5.74) is 8.70. The van der Waals surface area contributed by atoms with Gasteiger partial charge in [0.15, 0.2) is 0 Å². The lowest BCUT2D eigenvalue weighted by Gasteiger charge is -2.29. The maximum Gasteiger partial charge on any atom is 0.0468 e. The number of benzene rings is 7. The van der Waals surface area contributed by atoms with E-state index in [1.807, 2.05) is 34.8 Å². The van der Waals surface area contributed by atoms with Crippen molar-refractivity contribution in [1.82, 2.24) is 0 Å². The number of fused-ring (bicyclic) bond motifs is 6. The molecule has 0 unspecified atom stereocenters. The van der Waals surface area contributed by atoms with Crippen molar-refractivity contribution in [2.24, 2.45) is 0 Å². The summed E-state index contributed by atoms with van der Waals surface area (Å²) in [6.07, 6.45) is 3.81. The minimum Gasteiger partial charge on any atom is -0.310 e. The quantitative estimate of drug-likeness (QED) is 0.158. The van der Waals surface area contributed by atoms with E-state index in [1.54, 1.807) is 0 Å². The van der Waals surface area contributed by atoms with E-state index < -0.39 is 0 Å². The van der Waals surface area contributed by atoms with Crippen molar-refractivity contribution in [2.45, 2.75) is 0 Å². The van der Waals surface area contributed by atoms with E-state index in [0.29, 0.717) is 0 Å². The Hall–Kier alpha value is -5.94. The summed E-state index contributed by atoms with van der Waals surface area (Å²) in [7, 11) is 0. The Morgan fingerprint density at radius 2 is 0.720 bits per heavy atom. The van der Waals surface area contributed by atoms with Crippen molar-refractivity contribution in [1.29, 1.82) is 0 Å². The molecule has 0 N–H and O–H groups in total. The first kappa shape index (κ1) is 30.1. The van der Waals surface area contributed by atoms with Crippen LogP contribution < -0.4 is 9.80 Å². The molecular formula is C46H32N2S2. The summed E-state index contributed by atoms with van der Waals surface area (Å²) in [6, 6.07) is 57.0. The van der Waals surface area contributed by atoms with Crippen molar-refractivity contribution in [3.05, 3.63) is 182 Å². The molecule has 0 bridgehead atoms. The fraction of sp³-hybridized carbons (Fsp3) is 0. The summed E-state index contributed by atoms with van der Waals surface area (Å²) < 4.78 is 5.19. The predicted molar refractivity (Wildman–Crippen MR) is 222 cm³/mol. The van der Waals surface area contributed by atoms with Crippen LogP contribution in [0.15, 0.2) is 171 Å². The van der Waals surface area contributed by atoms with Gasteiger partial charge in [-0.15, -0.1) is 22.7 Å². The van der Waals surface area contributed by atoms with Crippen LogP contribution in [-0.2, 0) is 0 Å². The summed E-state index contributed by atoms with van der Waals surface area (Å²) in [5.74, 6) is 0. The minimum absolute atomic E-state index is 1.08. The van der Waals surface area contributed by atoms with Gasteiger partial charge in [-0.2, -0.15) is 0 Å². The number of hydrogen-bond acceptors (Lipinski definition) is 4. The Kier molecular flexibility index (Phi) is 7.54. The molecule has 0 aliphatic heterocycles. The molecule has 0 fully saturated rings. The molecule has 0 radical (unpaired) electrons. The van der Waals surface area contributed by atoms with Crippen LogP contribution in [0.25, 0.3) is 52.5 Å². The van der Waals surface area contributed by atoms with Gasteiger partial charge in [0.1, 0.15) is 0 Å². The second-order valence-corrected chi connectivity index (χ2v) is 14.5. The molecule has 2 heterocycles. The van der Waals surface area contributed by atoms with Gasteiger partial charge in [-0.1, -0.05) is 86.0 Å². The SMILES string of the molecule is C=Cc1cccc(N(c2ccc(N(c3cccc(C=C)c3)c3ccc4sc5ccccc5c4c3)cc2)c2ccc3sc4ccccc4c3c2)c1. The highest BCUT2D eigenvalue weighted by Crippen LogP contribution is 2.44. The summed E-state index contributed by atoms with van der Waals surface area (Å²) in [5, 5.41) is 5.12. The highest BCUT2D eigenvalue weighted by atomic mass is 32.1. The Morgan fingerprint density at radius 1 is 0.340 bits per heavy atom. The standard InChI is InChI=1S/C46H32N2S2/c1-3-31-11-9-13-35(27-31)47(37-23-25-45-41(29-37)39-15-5-7-17-43(39)49-45)33-19-21-34(22-20-33)48(36-14-10-12-32(4-2)28-36)38-24-26-46-42(30-38)40-16-6-8-18-44(40)50-46/h3-30H,1-2H2. The van der Waals surface area contributed by atoms with E-state index >= 15 is 0 Å². The van der Waals surface area contributed by atoms with Gasteiger partial charge in [0.2, 0.25) is 0 Å². The van der Waals surface area contributed by atoms with Crippen LogP contribution in [0.2, 0.25) is 0 Å². The molecule has 238 valence electrons. The Balaban J connectivity index is 1.19. The molecule has 0 spiro atoms. The van der Waals surface area contributed by atoms with Crippen molar-refractivity contribution in [3.8, 4) is 0 Å². The monoisotopic (exact) mass is 676 g/mol. The topological polar surface area (TPSA) is 6.48 Å². The van der Waals surface area contributed by atoms with E-state index in [2.05, 4.69) is 181 Å². The molecule has 0 saturated heterocycles. The second kappa shape index (κ2) is 12.5. The van der Waals surface area contributed by atoms with E-state index in [-0.39, 0.29) is 0 Å². The number of rotatable bonds is 8. The van der Waals surface area contributed by atoms with E-state index in [9.17, 15) is 0 Å². The molecule has 0 amide bonds. The van der Waals surface area contributed by atoms with Crippen LogP contribution in [0.1, 0.15) is 11.1 Å². The fourth-order valence-corrected chi connectivity index (χ4v) is 9.11. The normalized spacial score (nSPS) is 11.4. The molecule has 0 atom stereocenters. The van der Waals surface area contributed by atoms with Crippen LogP contribution in [0.3, 0.4) is 0 Å². The Morgan fingerprint density at radius 3 is 1.16 bits per heavy atom. The zero-order valence-electron chi connectivity index (χ0n) is 27.3. The van der Waals surface area contributed by atoms with Crippen LogP contribution >= 0.6 is 22.7 Å². The van der Waals surface area contributed by atoms with Gasteiger partial charge in [-0.25, -0.2) is 0 Å². The highest BCUT2D eigenvalue weighted by Gasteiger charge is 2.18. The zero-order chi connectivity index (χ0) is 33.6. The lowest BCUT2D eigenvalue weighted by Crippen LogP contribution is -2.12. The third-order valence-corrected chi connectivity index (χ3v) is 11.6. The van der Waals surface area contributed by atoms with Crippen LogP contribution in [0.4, 0.5) is 34.1 Å². The molecule has 0 aliphatic carbocycles. The van der Waals surface area contributed by atoms with E-state index in [4.69, 9.17) is 0 Å².